The van der Waals surface area contributed by atoms with Crippen LogP contribution < -0.4 is 0 Å². The molecule has 0 unspecified atom stereocenters. The number of thioether (sulfide) groups is 1. The number of carboxylic acid groups (broad SMARTS) is 1. The molecule has 2 aliphatic heterocycles. The second-order valence-electron chi connectivity index (χ2n) is 7.28. The van der Waals surface area contributed by atoms with Gasteiger partial charge in [0.25, 0.3) is 0 Å². The summed E-state index contributed by atoms with van der Waals surface area (Å²) < 4.78 is 5.40. The minimum atomic E-state index is -0.820. The Morgan fingerprint density at radius 2 is 1.96 bits per heavy atom. The number of carbonyl (C=O) groups is 2. The van der Waals surface area contributed by atoms with Gasteiger partial charge >= 0.3 is 12.1 Å². The van der Waals surface area contributed by atoms with Crippen LogP contribution in [0.25, 0.3) is 0 Å². The molecule has 0 saturated carbocycles. The molecule has 0 atom stereocenters. The van der Waals surface area contributed by atoms with E-state index in [4.69, 9.17) is 4.74 Å². The van der Waals surface area contributed by atoms with Crippen LogP contribution in [-0.4, -0.2) is 46.5 Å². The monoisotopic (exact) mass is 353 g/mol. The van der Waals surface area contributed by atoms with Crippen LogP contribution >= 0.6 is 11.8 Å². The molecular formula is C18H27NO4S. The summed E-state index contributed by atoms with van der Waals surface area (Å²) in [6, 6.07) is 0. The van der Waals surface area contributed by atoms with E-state index in [1.807, 2.05) is 26.8 Å². The number of allylic oxidation sites excluding steroid dienone is 3. The molecule has 0 aromatic carbocycles. The third-order valence-electron chi connectivity index (χ3n) is 4.08. The number of hydrogen-bond acceptors (Lipinski definition) is 4. The molecule has 1 amide bonds. The van der Waals surface area contributed by atoms with Crippen LogP contribution in [0.2, 0.25) is 0 Å². The normalized spacial score (nSPS) is 20.5. The Morgan fingerprint density at radius 1 is 1.29 bits per heavy atom. The molecule has 2 rings (SSSR count). The van der Waals surface area contributed by atoms with Gasteiger partial charge < -0.3 is 14.7 Å². The molecule has 1 saturated heterocycles. The molecule has 0 aromatic heterocycles. The van der Waals surface area contributed by atoms with Crippen molar-refractivity contribution in [2.45, 2.75) is 52.1 Å². The smallest absolute Gasteiger partial charge is 0.410 e. The van der Waals surface area contributed by atoms with E-state index in [-0.39, 0.29) is 6.09 Å². The number of carboxylic acids is 1. The largest absolute Gasteiger partial charge is 0.477 e. The highest BCUT2D eigenvalue weighted by Crippen LogP contribution is 2.31. The number of amides is 1. The van der Waals surface area contributed by atoms with Gasteiger partial charge in [-0.1, -0.05) is 12.2 Å². The van der Waals surface area contributed by atoms with Gasteiger partial charge in [-0.25, -0.2) is 9.59 Å². The summed E-state index contributed by atoms with van der Waals surface area (Å²) in [4.78, 5) is 25.6. The molecule has 0 bridgehead atoms. The SMILES string of the molecule is CC(C)(C)OC(=O)N1CCC(C=CC2=C(C(=O)O)SCCC2)CC1. The summed E-state index contributed by atoms with van der Waals surface area (Å²) in [5, 5.41) is 9.26. The zero-order chi connectivity index (χ0) is 17.7. The highest BCUT2D eigenvalue weighted by atomic mass is 32.2. The van der Waals surface area contributed by atoms with E-state index in [0.29, 0.717) is 23.9 Å². The summed E-state index contributed by atoms with van der Waals surface area (Å²) in [6.45, 7) is 6.98. The number of aliphatic carboxylic acids is 1. The Hall–Kier alpha value is -1.43. The van der Waals surface area contributed by atoms with Gasteiger partial charge in [0.1, 0.15) is 5.60 Å². The van der Waals surface area contributed by atoms with Crippen LogP contribution in [0.15, 0.2) is 22.6 Å². The summed E-state index contributed by atoms with van der Waals surface area (Å²) >= 11 is 1.43. The Labute approximate surface area is 148 Å². The van der Waals surface area contributed by atoms with E-state index in [9.17, 15) is 14.7 Å². The third-order valence-corrected chi connectivity index (χ3v) is 5.30. The van der Waals surface area contributed by atoms with Crippen LogP contribution in [0, 0.1) is 5.92 Å². The first-order valence-corrected chi connectivity index (χ1v) is 9.50. The summed E-state index contributed by atoms with van der Waals surface area (Å²) in [5.41, 5.74) is 0.472. The second kappa shape index (κ2) is 8.10. The number of ether oxygens (including phenoxy) is 1. The fraction of sp³-hybridized carbons (Fsp3) is 0.667. The first-order chi connectivity index (χ1) is 11.3. The van der Waals surface area contributed by atoms with Gasteiger partial charge in [0.2, 0.25) is 0 Å². The quantitative estimate of drug-likeness (QED) is 0.829. The van der Waals surface area contributed by atoms with Crippen molar-refractivity contribution in [2.75, 3.05) is 18.8 Å². The van der Waals surface area contributed by atoms with Crippen molar-refractivity contribution in [1.82, 2.24) is 4.90 Å². The molecule has 1 N–H and O–H groups in total. The highest BCUT2D eigenvalue weighted by Gasteiger charge is 2.26. The molecule has 6 heteroatoms. The van der Waals surface area contributed by atoms with Crippen LogP contribution in [0.1, 0.15) is 46.5 Å². The van der Waals surface area contributed by atoms with Gasteiger partial charge in [0, 0.05) is 13.1 Å². The number of rotatable bonds is 3. The standard InChI is InChI=1S/C18H27NO4S/c1-18(2,3)23-17(22)19-10-8-13(9-11-19)6-7-14-5-4-12-24-15(14)16(20)21/h6-7,13H,4-5,8-12H2,1-3H3,(H,20,21). The molecule has 2 aliphatic rings. The lowest BCUT2D eigenvalue weighted by molar-refractivity contribution is -0.131. The lowest BCUT2D eigenvalue weighted by atomic mass is 9.95. The number of piperidine rings is 1. The van der Waals surface area contributed by atoms with Crippen molar-refractivity contribution in [3.63, 3.8) is 0 Å². The van der Waals surface area contributed by atoms with Gasteiger partial charge in [-0.3, -0.25) is 0 Å². The van der Waals surface area contributed by atoms with Gasteiger partial charge in [0.15, 0.2) is 0 Å². The van der Waals surface area contributed by atoms with E-state index >= 15 is 0 Å². The van der Waals surface area contributed by atoms with Crippen molar-refractivity contribution in [3.05, 3.63) is 22.6 Å². The van der Waals surface area contributed by atoms with E-state index in [0.717, 1.165) is 37.0 Å². The first kappa shape index (κ1) is 18.9. The Bertz CT molecular complexity index is 540. The minimum Gasteiger partial charge on any atom is -0.477 e. The van der Waals surface area contributed by atoms with E-state index < -0.39 is 11.6 Å². The van der Waals surface area contributed by atoms with Crippen LogP contribution in [0.5, 0.6) is 0 Å². The van der Waals surface area contributed by atoms with Crippen LogP contribution in [-0.2, 0) is 9.53 Å². The first-order valence-electron chi connectivity index (χ1n) is 8.51. The maximum atomic E-state index is 12.1. The summed E-state index contributed by atoms with van der Waals surface area (Å²) in [7, 11) is 0. The maximum absolute atomic E-state index is 12.1. The molecule has 0 aliphatic carbocycles. The fourth-order valence-electron chi connectivity index (χ4n) is 2.85. The number of likely N-dealkylation sites (tertiary alicyclic amines) is 1. The molecule has 24 heavy (non-hydrogen) atoms. The van der Waals surface area contributed by atoms with Gasteiger partial charge in [-0.2, -0.15) is 0 Å². The van der Waals surface area contributed by atoms with Gasteiger partial charge in [0.05, 0.1) is 4.91 Å². The second-order valence-corrected chi connectivity index (χ2v) is 8.38. The number of nitrogens with zero attached hydrogens (tertiary/aromatic N) is 1. The molecule has 2 heterocycles. The van der Waals surface area contributed by atoms with Gasteiger partial charge in [-0.05, 0) is 63.7 Å². The van der Waals surface area contributed by atoms with E-state index in [1.54, 1.807) is 4.90 Å². The molecule has 0 radical (unpaired) electrons. The zero-order valence-corrected chi connectivity index (χ0v) is 15.5. The highest BCUT2D eigenvalue weighted by molar-refractivity contribution is 8.04. The number of carbonyl (C=O) groups excluding carboxylic acids is 1. The average Bonchev–Trinajstić information content (AvgIpc) is 2.52. The van der Waals surface area contributed by atoms with Crippen molar-refractivity contribution in [1.29, 1.82) is 0 Å². The van der Waals surface area contributed by atoms with E-state index in [2.05, 4.69) is 6.08 Å². The maximum Gasteiger partial charge on any atom is 0.410 e. The molecule has 5 nitrogen and oxygen atoms in total. The molecular weight excluding hydrogens is 326 g/mol. The predicted molar refractivity (Wildman–Crippen MR) is 96.0 cm³/mol. The minimum absolute atomic E-state index is 0.246. The van der Waals surface area contributed by atoms with Crippen LogP contribution in [0.3, 0.4) is 0 Å². The van der Waals surface area contributed by atoms with Crippen molar-refractivity contribution in [2.24, 2.45) is 5.92 Å². The Balaban J connectivity index is 1.88. The topological polar surface area (TPSA) is 66.8 Å². The number of hydrogen-bond donors (Lipinski definition) is 1. The lowest BCUT2D eigenvalue weighted by Crippen LogP contribution is -2.41. The average molecular weight is 353 g/mol. The molecule has 1 fully saturated rings. The van der Waals surface area contributed by atoms with Crippen molar-refractivity contribution in [3.8, 4) is 0 Å². The Kier molecular flexibility index (Phi) is 6.38. The zero-order valence-electron chi connectivity index (χ0n) is 14.7. The van der Waals surface area contributed by atoms with Gasteiger partial charge in [-0.15, -0.1) is 11.8 Å². The molecule has 0 aromatic rings. The van der Waals surface area contributed by atoms with E-state index in [1.165, 1.54) is 11.8 Å². The lowest BCUT2D eigenvalue weighted by Gasteiger charge is -2.32. The van der Waals surface area contributed by atoms with Crippen molar-refractivity contribution < 1.29 is 19.4 Å². The van der Waals surface area contributed by atoms with Crippen molar-refractivity contribution >= 4 is 23.8 Å². The van der Waals surface area contributed by atoms with Crippen LogP contribution in [0.4, 0.5) is 4.79 Å². The third kappa shape index (κ3) is 5.58. The molecule has 134 valence electrons. The summed E-state index contributed by atoms with van der Waals surface area (Å²) in [6.07, 6.45) is 7.50. The molecule has 0 spiro atoms. The fourth-order valence-corrected chi connectivity index (χ4v) is 3.83. The Morgan fingerprint density at radius 3 is 2.54 bits per heavy atom. The summed E-state index contributed by atoms with van der Waals surface area (Å²) in [5.74, 6) is 0.449. The predicted octanol–water partition coefficient (Wildman–Crippen LogP) is 4.06.